The van der Waals surface area contributed by atoms with Gasteiger partial charge in [-0.1, -0.05) is 0 Å². The average molecular weight is 254 g/mol. The van der Waals surface area contributed by atoms with Gasteiger partial charge in [-0.3, -0.25) is 0 Å². The molecule has 0 fully saturated rings. The van der Waals surface area contributed by atoms with E-state index in [1.54, 1.807) is 12.1 Å². The van der Waals surface area contributed by atoms with Crippen molar-refractivity contribution < 1.29 is 8.42 Å². The summed E-state index contributed by atoms with van der Waals surface area (Å²) in [5.74, 6) is 0.384. The standard InChI is InChI=1S/C10H14N4O2S/c1-8-3-4-9(7-11)10(14-8)13-5-2-6-17(12,15)16/h3-4H,2,5-6H2,1H3,(H,13,14)(H2,12,15,16). The van der Waals surface area contributed by atoms with E-state index in [9.17, 15) is 8.42 Å². The number of aryl methyl sites for hydroxylation is 1. The number of nitrogens with one attached hydrogen (secondary N) is 1. The quantitative estimate of drug-likeness (QED) is 0.737. The Labute approximate surface area is 101 Å². The van der Waals surface area contributed by atoms with Crippen molar-refractivity contribution in [2.45, 2.75) is 13.3 Å². The van der Waals surface area contributed by atoms with E-state index < -0.39 is 10.0 Å². The fourth-order valence-corrected chi connectivity index (χ4v) is 1.81. The van der Waals surface area contributed by atoms with Crippen molar-refractivity contribution in [1.82, 2.24) is 4.98 Å². The number of primary sulfonamides is 1. The van der Waals surface area contributed by atoms with Crippen molar-refractivity contribution in [2.24, 2.45) is 5.14 Å². The van der Waals surface area contributed by atoms with Gasteiger partial charge in [-0.15, -0.1) is 0 Å². The molecule has 0 amide bonds. The Balaban J connectivity index is 2.58. The van der Waals surface area contributed by atoms with Crippen LogP contribution in [0.4, 0.5) is 5.82 Å². The van der Waals surface area contributed by atoms with E-state index in [1.807, 2.05) is 13.0 Å². The molecular weight excluding hydrogens is 240 g/mol. The highest BCUT2D eigenvalue weighted by atomic mass is 32.2. The first kappa shape index (κ1) is 13.4. The van der Waals surface area contributed by atoms with Crippen LogP contribution in [0.15, 0.2) is 12.1 Å². The molecule has 0 atom stereocenters. The first-order valence-electron chi connectivity index (χ1n) is 5.04. The van der Waals surface area contributed by atoms with Crippen molar-refractivity contribution in [3.8, 4) is 6.07 Å². The summed E-state index contributed by atoms with van der Waals surface area (Å²) in [6, 6.07) is 5.43. The molecule has 0 unspecified atom stereocenters. The van der Waals surface area contributed by atoms with E-state index in [4.69, 9.17) is 10.4 Å². The number of hydrogen-bond donors (Lipinski definition) is 2. The van der Waals surface area contributed by atoms with E-state index in [0.717, 1.165) is 5.69 Å². The van der Waals surface area contributed by atoms with Crippen molar-refractivity contribution in [1.29, 1.82) is 5.26 Å². The van der Waals surface area contributed by atoms with Gasteiger partial charge in [0.15, 0.2) is 0 Å². The Morgan fingerprint density at radius 2 is 2.24 bits per heavy atom. The Morgan fingerprint density at radius 3 is 2.82 bits per heavy atom. The lowest BCUT2D eigenvalue weighted by molar-refractivity contribution is 0.595. The molecule has 0 radical (unpaired) electrons. The molecule has 1 aromatic heterocycles. The van der Waals surface area contributed by atoms with Crippen molar-refractivity contribution in [3.05, 3.63) is 23.4 Å². The molecule has 0 saturated heterocycles. The normalized spacial score (nSPS) is 10.9. The maximum Gasteiger partial charge on any atom is 0.209 e. The van der Waals surface area contributed by atoms with Crippen LogP contribution in [0.3, 0.4) is 0 Å². The second-order valence-electron chi connectivity index (χ2n) is 3.61. The largest absolute Gasteiger partial charge is 0.369 e. The number of nitrogens with zero attached hydrogens (tertiary/aromatic N) is 2. The van der Waals surface area contributed by atoms with Crippen LogP contribution in [0.5, 0.6) is 0 Å². The van der Waals surface area contributed by atoms with Crippen molar-refractivity contribution in [2.75, 3.05) is 17.6 Å². The molecule has 0 aliphatic rings. The number of rotatable bonds is 5. The molecule has 3 N–H and O–H groups in total. The summed E-state index contributed by atoms with van der Waals surface area (Å²) in [7, 11) is -3.43. The highest BCUT2D eigenvalue weighted by Gasteiger charge is 2.05. The molecule has 6 nitrogen and oxygen atoms in total. The molecule has 0 bridgehead atoms. The van der Waals surface area contributed by atoms with Gasteiger partial charge in [0.05, 0.1) is 11.3 Å². The minimum absolute atomic E-state index is 0.0896. The maximum atomic E-state index is 10.7. The topological polar surface area (TPSA) is 109 Å². The molecule has 1 heterocycles. The lowest BCUT2D eigenvalue weighted by Crippen LogP contribution is -2.19. The Hall–Kier alpha value is -1.65. The molecule has 0 spiro atoms. The lowest BCUT2D eigenvalue weighted by atomic mass is 10.2. The fourth-order valence-electron chi connectivity index (χ4n) is 1.26. The molecule has 1 rings (SSSR count). The van der Waals surface area contributed by atoms with Crippen LogP contribution in [0.2, 0.25) is 0 Å². The molecule has 17 heavy (non-hydrogen) atoms. The van der Waals surface area contributed by atoms with E-state index in [2.05, 4.69) is 10.3 Å². The molecule has 7 heteroatoms. The second-order valence-corrected chi connectivity index (χ2v) is 5.34. The smallest absolute Gasteiger partial charge is 0.209 e. The summed E-state index contributed by atoms with van der Waals surface area (Å²) >= 11 is 0. The summed E-state index contributed by atoms with van der Waals surface area (Å²) in [6.07, 6.45) is 0.374. The Kier molecular flexibility index (Phi) is 4.43. The summed E-state index contributed by atoms with van der Waals surface area (Å²) in [5, 5.41) is 16.6. The number of pyridine rings is 1. The van der Waals surface area contributed by atoms with Gasteiger partial charge >= 0.3 is 0 Å². The van der Waals surface area contributed by atoms with Gasteiger partial charge in [-0.25, -0.2) is 18.5 Å². The second kappa shape index (κ2) is 5.61. The van der Waals surface area contributed by atoms with Crippen LogP contribution < -0.4 is 10.5 Å². The third kappa shape index (κ3) is 4.80. The summed E-state index contributed by atoms with van der Waals surface area (Å²) < 4.78 is 21.4. The highest BCUT2D eigenvalue weighted by Crippen LogP contribution is 2.11. The third-order valence-electron chi connectivity index (χ3n) is 2.05. The molecule has 0 aliphatic carbocycles. The molecule has 0 aromatic carbocycles. The molecule has 0 saturated carbocycles. The minimum Gasteiger partial charge on any atom is -0.369 e. The zero-order chi connectivity index (χ0) is 12.9. The van der Waals surface area contributed by atoms with Gasteiger partial charge in [-0.2, -0.15) is 5.26 Å². The number of aromatic nitrogens is 1. The van der Waals surface area contributed by atoms with Crippen LogP contribution in [0, 0.1) is 18.3 Å². The van der Waals surface area contributed by atoms with Crippen LogP contribution in [-0.4, -0.2) is 25.7 Å². The predicted molar refractivity (Wildman–Crippen MR) is 64.8 cm³/mol. The predicted octanol–water partition coefficient (Wildman–Crippen LogP) is 0.352. The monoisotopic (exact) mass is 254 g/mol. The zero-order valence-corrected chi connectivity index (χ0v) is 10.3. The van der Waals surface area contributed by atoms with Gasteiger partial charge in [0.25, 0.3) is 0 Å². The first-order chi connectivity index (χ1) is 7.92. The van der Waals surface area contributed by atoms with Crippen LogP contribution in [0.1, 0.15) is 17.7 Å². The van der Waals surface area contributed by atoms with Crippen LogP contribution in [0.25, 0.3) is 0 Å². The van der Waals surface area contributed by atoms with Gasteiger partial charge in [0.1, 0.15) is 11.9 Å². The first-order valence-corrected chi connectivity index (χ1v) is 6.76. The van der Waals surface area contributed by atoms with E-state index in [1.165, 1.54) is 0 Å². The van der Waals surface area contributed by atoms with E-state index >= 15 is 0 Å². The SMILES string of the molecule is Cc1ccc(C#N)c(NCCCS(N)(=O)=O)n1. The summed E-state index contributed by atoms with van der Waals surface area (Å²) in [6.45, 7) is 2.22. The minimum atomic E-state index is -3.43. The maximum absolute atomic E-state index is 10.7. The average Bonchev–Trinajstić information content (AvgIpc) is 2.23. The van der Waals surface area contributed by atoms with Crippen molar-refractivity contribution in [3.63, 3.8) is 0 Å². The summed E-state index contributed by atoms with van der Waals surface area (Å²) in [5.41, 5.74) is 1.23. The van der Waals surface area contributed by atoms with Gasteiger partial charge in [0, 0.05) is 12.2 Å². The van der Waals surface area contributed by atoms with Crippen LogP contribution >= 0.6 is 0 Å². The van der Waals surface area contributed by atoms with E-state index in [-0.39, 0.29) is 5.75 Å². The van der Waals surface area contributed by atoms with Gasteiger partial charge in [-0.05, 0) is 25.5 Å². The number of nitriles is 1. The highest BCUT2D eigenvalue weighted by molar-refractivity contribution is 7.89. The number of nitrogens with two attached hydrogens (primary N) is 1. The Morgan fingerprint density at radius 1 is 1.53 bits per heavy atom. The molecule has 1 aromatic rings. The number of anilines is 1. The van der Waals surface area contributed by atoms with Crippen molar-refractivity contribution >= 4 is 15.8 Å². The number of hydrogen-bond acceptors (Lipinski definition) is 5. The molecule has 0 aliphatic heterocycles. The molecular formula is C10H14N4O2S. The third-order valence-corrected chi connectivity index (χ3v) is 2.91. The van der Waals surface area contributed by atoms with Gasteiger partial charge < -0.3 is 5.32 Å². The van der Waals surface area contributed by atoms with Crippen LogP contribution in [-0.2, 0) is 10.0 Å². The fraction of sp³-hybridized carbons (Fsp3) is 0.400. The molecule has 92 valence electrons. The number of sulfonamides is 1. The van der Waals surface area contributed by atoms with E-state index in [0.29, 0.717) is 24.3 Å². The van der Waals surface area contributed by atoms with Gasteiger partial charge in [0.2, 0.25) is 10.0 Å². The Bertz CT molecular complexity index is 534. The summed E-state index contributed by atoms with van der Waals surface area (Å²) in [4.78, 5) is 4.16. The lowest BCUT2D eigenvalue weighted by Gasteiger charge is -2.07. The zero-order valence-electron chi connectivity index (χ0n) is 9.47.